The largest absolute Gasteiger partial charge is 0.478 e. The Hall–Kier alpha value is -1.42. The van der Waals surface area contributed by atoms with Crippen LogP contribution in [0.25, 0.3) is 6.08 Å². The van der Waals surface area contributed by atoms with Crippen molar-refractivity contribution in [3.8, 4) is 0 Å². The molecular weight excluding hydrogens is 188 g/mol. The summed E-state index contributed by atoms with van der Waals surface area (Å²) in [7, 11) is 0. The summed E-state index contributed by atoms with van der Waals surface area (Å²) in [6.45, 7) is 1.45. The minimum absolute atomic E-state index is 0.0507. The third kappa shape index (κ3) is 2.83. The number of hydrogen-bond donors (Lipinski definition) is 1. The van der Waals surface area contributed by atoms with Gasteiger partial charge in [0.05, 0.1) is 5.56 Å². The molecule has 0 unspecified atom stereocenters. The van der Waals surface area contributed by atoms with Crippen molar-refractivity contribution in [2.45, 2.75) is 6.92 Å². The Labute approximate surface area is 79.3 Å². The summed E-state index contributed by atoms with van der Waals surface area (Å²) in [4.78, 5) is 21.8. The molecule has 13 heavy (non-hydrogen) atoms. The zero-order chi connectivity index (χ0) is 9.84. The fourth-order valence-electron chi connectivity index (χ4n) is 0.752. The van der Waals surface area contributed by atoms with Gasteiger partial charge in [-0.25, -0.2) is 4.79 Å². The predicted molar refractivity (Wildman–Crippen MR) is 51.0 cm³/mol. The molecule has 0 bridgehead atoms. The van der Waals surface area contributed by atoms with E-state index in [1.807, 2.05) is 0 Å². The van der Waals surface area contributed by atoms with E-state index in [1.165, 1.54) is 30.4 Å². The number of ketones is 1. The molecular formula is C9H8O3S. The SMILES string of the molecule is CC(=O)C=Cc1cc(C(=O)O)cs1. The van der Waals surface area contributed by atoms with Crippen molar-refractivity contribution in [3.05, 3.63) is 28.0 Å². The molecule has 1 aromatic rings. The van der Waals surface area contributed by atoms with Crippen LogP contribution in [-0.2, 0) is 4.79 Å². The van der Waals surface area contributed by atoms with E-state index in [4.69, 9.17) is 5.11 Å². The van der Waals surface area contributed by atoms with Crippen molar-refractivity contribution in [2.75, 3.05) is 0 Å². The lowest BCUT2D eigenvalue weighted by Crippen LogP contribution is -1.91. The summed E-state index contributed by atoms with van der Waals surface area (Å²) >= 11 is 1.30. The molecule has 0 aromatic carbocycles. The van der Waals surface area contributed by atoms with Gasteiger partial charge >= 0.3 is 5.97 Å². The van der Waals surface area contributed by atoms with Crippen molar-refractivity contribution in [1.29, 1.82) is 0 Å². The zero-order valence-electron chi connectivity index (χ0n) is 6.98. The number of carbonyl (C=O) groups excluding carboxylic acids is 1. The molecule has 1 N–H and O–H groups in total. The standard InChI is InChI=1S/C9H8O3S/c1-6(10)2-3-8-4-7(5-13-8)9(11)12/h2-5H,1H3,(H,11,12). The topological polar surface area (TPSA) is 54.4 Å². The third-order valence-corrected chi connectivity index (χ3v) is 2.25. The molecule has 0 fully saturated rings. The van der Waals surface area contributed by atoms with Crippen LogP contribution < -0.4 is 0 Å². The van der Waals surface area contributed by atoms with E-state index < -0.39 is 5.97 Å². The number of carbonyl (C=O) groups is 2. The molecule has 0 radical (unpaired) electrons. The highest BCUT2D eigenvalue weighted by Crippen LogP contribution is 2.16. The van der Waals surface area contributed by atoms with Crippen LogP contribution in [-0.4, -0.2) is 16.9 Å². The van der Waals surface area contributed by atoms with E-state index in [2.05, 4.69) is 0 Å². The highest BCUT2D eigenvalue weighted by atomic mass is 32.1. The highest BCUT2D eigenvalue weighted by molar-refractivity contribution is 7.11. The lowest BCUT2D eigenvalue weighted by molar-refractivity contribution is -0.112. The maximum absolute atomic E-state index is 10.6. The van der Waals surface area contributed by atoms with Gasteiger partial charge < -0.3 is 5.11 Å². The smallest absolute Gasteiger partial charge is 0.336 e. The normalized spacial score (nSPS) is 10.5. The van der Waals surface area contributed by atoms with Crippen molar-refractivity contribution < 1.29 is 14.7 Å². The highest BCUT2D eigenvalue weighted by Gasteiger charge is 2.03. The monoisotopic (exact) mass is 196 g/mol. The van der Waals surface area contributed by atoms with Gasteiger partial charge in [-0.3, -0.25) is 4.79 Å². The van der Waals surface area contributed by atoms with Crippen LogP contribution in [0.2, 0.25) is 0 Å². The molecule has 4 heteroatoms. The second kappa shape index (κ2) is 4.00. The van der Waals surface area contributed by atoms with Gasteiger partial charge in [0.1, 0.15) is 0 Å². The van der Waals surface area contributed by atoms with E-state index in [9.17, 15) is 9.59 Å². The van der Waals surface area contributed by atoms with Crippen LogP contribution in [0.1, 0.15) is 22.2 Å². The van der Waals surface area contributed by atoms with Gasteiger partial charge in [0.25, 0.3) is 0 Å². The fourth-order valence-corrected chi connectivity index (χ4v) is 1.53. The number of aromatic carboxylic acids is 1. The molecule has 1 aromatic heterocycles. The summed E-state index contributed by atoms with van der Waals surface area (Å²) in [5.74, 6) is -0.996. The van der Waals surface area contributed by atoms with Crippen LogP contribution in [0.5, 0.6) is 0 Å². The first-order chi connectivity index (χ1) is 6.09. The number of allylic oxidation sites excluding steroid dienone is 1. The van der Waals surface area contributed by atoms with Crippen LogP contribution >= 0.6 is 11.3 Å². The molecule has 1 rings (SSSR count). The molecule has 0 saturated heterocycles. The van der Waals surface area contributed by atoms with Crippen LogP contribution in [0.4, 0.5) is 0 Å². The molecule has 68 valence electrons. The second-order valence-corrected chi connectivity index (χ2v) is 3.43. The van der Waals surface area contributed by atoms with E-state index in [0.29, 0.717) is 0 Å². The van der Waals surface area contributed by atoms with Crippen LogP contribution in [0, 0.1) is 0 Å². The number of carboxylic acids is 1. The quantitative estimate of drug-likeness (QED) is 0.753. The summed E-state index contributed by atoms with van der Waals surface area (Å²) in [5.41, 5.74) is 0.258. The van der Waals surface area contributed by atoms with Gasteiger partial charge in [-0.2, -0.15) is 0 Å². The summed E-state index contributed by atoms with van der Waals surface area (Å²) < 4.78 is 0. The maximum Gasteiger partial charge on any atom is 0.336 e. The Morgan fingerprint density at radius 3 is 2.69 bits per heavy atom. The van der Waals surface area contributed by atoms with Crippen LogP contribution in [0.3, 0.4) is 0 Å². The zero-order valence-corrected chi connectivity index (χ0v) is 7.80. The summed E-state index contributed by atoms with van der Waals surface area (Å²) in [6.07, 6.45) is 3.02. The van der Waals surface area contributed by atoms with Crippen molar-refractivity contribution >= 4 is 29.2 Å². The fraction of sp³-hybridized carbons (Fsp3) is 0.111. The van der Waals surface area contributed by atoms with E-state index >= 15 is 0 Å². The van der Waals surface area contributed by atoms with Gasteiger partial charge in [0, 0.05) is 10.3 Å². The Kier molecular flexibility index (Phi) is 2.97. The number of thiophene rings is 1. The molecule has 0 amide bonds. The molecule has 0 aliphatic rings. The molecule has 0 aliphatic heterocycles. The van der Waals surface area contributed by atoms with Crippen LogP contribution in [0.15, 0.2) is 17.5 Å². The van der Waals surface area contributed by atoms with Crippen molar-refractivity contribution in [3.63, 3.8) is 0 Å². The van der Waals surface area contributed by atoms with Gasteiger partial charge in [-0.05, 0) is 25.1 Å². The Bertz CT molecular complexity index is 363. The third-order valence-electron chi connectivity index (χ3n) is 1.35. The first-order valence-electron chi connectivity index (χ1n) is 3.60. The first kappa shape index (κ1) is 9.67. The van der Waals surface area contributed by atoms with Gasteiger partial charge in [0.15, 0.2) is 5.78 Å². The summed E-state index contributed by atoms with van der Waals surface area (Å²) in [6, 6.07) is 1.53. The predicted octanol–water partition coefficient (Wildman–Crippen LogP) is 2.05. The second-order valence-electron chi connectivity index (χ2n) is 2.49. The Morgan fingerprint density at radius 2 is 2.23 bits per heavy atom. The molecule has 0 aliphatic carbocycles. The lowest BCUT2D eigenvalue weighted by atomic mass is 10.3. The average Bonchev–Trinajstić information content (AvgIpc) is 2.48. The van der Waals surface area contributed by atoms with E-state index in [-0.39, 0.29) is 11.3 Å². The molecule has 1 heterocycles. The van der Waals surface area contributed by atoms with Gasteiger partial charge in [0.2, 0.25) is 0 Å². The minimum atomic E-state index is -0.946. The number of hydrogen-bond acceptors (Lipinski definition) is 3. The maximum atomic E-state index is 10.6. The summed E-state index contributed by atoms with van der Waals surface area (Å²) in [5, 5.41) is 10.1. The van der Waals surface area contributed by atoms with E-state index in [1.54, 1.807) is 11.5 Å². The molecule has 0 saturated carbocycles. The van der Waals surface area contributed by atoms with Gasteiger partial charge in [-0.15, -0.1) is 11.3 Å². The average molecular weight is 196 g/mol. The molecule has 3 nitrogen and oxygen atoms in total. The Morgan fingerprint density at radius 1 is 1.54 bits per heavy atom. The Balaban J connectivity index is 2.80. The number of rotatable bonds is 3. The van der Waals surface area contributed by atoms with Gasteiger partial charge in [-0.1, -0.05) is 0 Å². The molecule has 0 atom stereocenters. The first-order valence-corrected chi connectivity index (χ1v) is 4.48. The van der Waals surface area contributed by atoms with Crippen molar-refractivity contribution in [1.82, 2.24) is 0 Å². The lowest BCUT2D eigenvalue weighted by Gasteiger charge is -1.82. The minimum Gasteiger partial charge on any atom is -0.478 e. The number of carboxylic acid groups (broad SMARTS) is 1. The van der Waals surface area contributed by atoms with Crippen molar-refractivity contribution in [2.24, 2.45) is 0 Å². The molecule has 0 spiro atoms. The van der Waals surface area contributed by atoms with E-state index in [0.717, 1.165) is 4.88 Å².